The molecule has 0 aliphatic carbocycles. The molecule has 3 aromatic rings. The van der Waals surface area contributed by atoms with E-state index in [2.05, 4.69) is 5.10 Å². The fourth-order valence-electron chi connectivity index (χ4n) is 4.20. The van der Waals surface area contributed by atoms with Gasteiger partial charge in [0.25, 0.3) is 0 Å². The van der Waals surface area contributed by atoms with Crippen LogP contribution in [-0.4, -0.2) is 70.3 Å². The minimum Gasteiger partial charge on any atom is -0.490 e. The lowest BCUT2D eigenvalue weighted by Gasteiger charge is -2.42. The number of amides is 2. The third kappa shape index (κ3) is 6.86. The van der Waals surface area contributed by atoms with Gasteiger partial charge in [-0.1, -0.05) is 41.9 Å². The zero-order valence-electron chi connectivity index (χ0n) is 20.6. The number of rotatable bonds is 9. The molecule has 2 amide bonds. The van der Waals surface area contributed by atoms with Crippen LogP contribution in [0.1, 0.15) is 17.5 Å². The lowest BCUT2D eigenvalue weighted by molar-refractivity contribution is -0.166. The summed E-state index contributed by atoms with van der Waals surface area (Å²) in [4.78, 5) is 29.8. The molecule has 1 aliphatic rings. The average Bonchev–Trinajstić information content (AvgIpc) is 3.28. The van der Waals surface area contributed by atoms with E-state index in [0.717, 1.165) is 11.1 Å². The van der Waals surface area contributed by atoms with Gasteiger partial charge in [-0.2, -0.15) is 5.10 Å². The lowest BCUT2D eigenvalue weighted by Crippen LogP contribution is -2.58. The second kappa shape index (κ2) is 11.6. The number of halogens is 1. The third-order valence-electron chi connectivity index (χ3n) is 6.14. The van der Waals surface area contributed by atoms with Crippen molar-refractivity contribution in [3.63, 3.8) is 0 Å². The number of carbonyl (C=O) groups is 2. The first-order chi connectivity index (χ1) is 17.3. The summed E-state index contributed by atoms with van der Waals surface area (Å²) in [5, 5.41) is 4.83. The Labute approximate surface area is 216 Å². The van der Waals surface area contributed by atoms with E-state index in [0.29, 0.717) is 30.5 Å². The van der Waals surface area contributed by atoms with E-state index in [1.54, 1.807) is 52.0 Å². The van der Waals surface area contributed by atoms with Gasteiger partial charge in [0.05, 0.1) is 25.8 Å². The van der Waals surface area contributed by atoms with Crippen LogP contribution < -0.4 is 4.74 Å². The van der Waals surface area contributed by atoms with Gasteiger partial charge < -0.3 is 19.3 Å². The molecule has 0 unspecified atom stereocenters. The summed E-state index contributed by atoms with van der Waals surface area (Å²) >= 11 is 6.00. The number of carbonyl (C=O) groups excluding carboxylic acids is 2. The lowest BCUT2D eigenvalue weighted by atomic mass is 9.96. The van der Waals surface area contributed by atoms with E-state index in [1.165, 1.54) is 0 Å². The molecule has 2 aromatic carbocycles. The average molecular weight is 511 g/mol. The molecule has 0 saturated carbocycles. The zero-order valence-corrected chi connectivity index (χ0v) is 21.4. The standard InChI is InChI=1S/C27H31ClN4O4/c1-21-15-29-32(16-21)18-26(34)31-12-13-36-27(19-31,20-35-24-10-8-23(28)9-11-24)14-25(33)30(2)17-22-6-4-3-5-7-22/h3-11,15-16H,12-14,17-20H2,1-2H3/t27-/m1/s1. The Balaban J connectivity index is 1.48. The van der Waals surface area contributed by atoms with Crippen LogP contribution in [0.4, 0.5) is 0 Å². The van der Waals surface area contributed by atoms with Crippen LogP contribution in [0.3, 0.4) is 0 Å². The summed E-state index contributed by atoms with van der Waals surface area (Å²) in [7, 11) is 1.77. The Morgan fingerprint density at radius 3 is 2.61 bits per heavy atom. The summed E-state index contributed by atoms with van der Waals surface area (Å²) in [6, 6.07) is 16.8. The minimum absolute atomic E-state index is 0.0780. The SMILES string of the molecule is Cc1cnn(CC(=O)N2CCO[C@](COc3ccc(Cl)cc3)(CC(=O)N(C)Cc3ccccc3)C2)c1. The van der Waals surface area contributed by atoms with Crippen LogP contribution in [0.25, 0.3) is 0 Å². The largest absolute Gasteiger partial charge is 0.490 e. The molecule has 8 nitrogen and oxygen atoms in total. The van der Waals surface area contributed by atoms with E-state index in [4.69, 9.17) is 21.1 Å². The summed E-state index contributed by atoms with van der Waals surface area (Å²) < 4.78 is 13.9. The number of aryl methyl sites for hydroxylation is 1. The van der Waals surface area contributed by atoms with Crippen molar-refractivity contribution in [2.24, 2.45) is 0 Å². The van der Waals surface area contributed by atoms with Crippen molar-refractivity contribution in [3.05, 3.63) is 83.1 Å². The maximum atomic E-state index is 13.3. The monoisotopic (exact) mass is 510 g/mol. The molecule has 0 radical (unpaired) electrons. The fourth-order valence-corrected chi connectivity index (χ4v) is 4.32. The van der Waals surface area contributed by atoms with Crippen LogP contribution in [-0.2, 0) is 27.4 Å². The van der Waals surface area contributed by atoms with E-state index in [-0.39, 0.29) is 37.9 Å². The fraction of sp³-hybridized carbons (Fsp3) is 0.370. The quantitative estimate of drug-likeness (QED) is 0.440. The van der Waals surface area contributed by atoms with Gasteiger partial charge in [0.2, 0.25) is 11.8 Å². The normalized spacial score (nSPS) is 17.6. The van der Waals surface area contributed by atoms with Crippen LogP contribution in [0.2, 0.25) is 5.02 Å². The predicted molar refractivity (Wildman–Crippen MR) is 137 cm³/mol. The first-order valence-electron chi connectivity index (χ1n) is 11.9. The molecule has 0 bridgehead atoms. The summed E-state index contributed by atoms with van der Waals surface area (Å²) in [6.45, 7) is 3.65. The van der Waals surface area contributed by atoms with E-state index in [1.807, 2.05) is 43.5 Å². The highest BCUT2D eigenvalue weighted by Crippen LogP contribution is 2.26. The van der Waals surface area contributed by atoms with Gasteiger partial charge in [0.1, 0.15) is 24.5 Å². The Morgan fingerprint density at radius 1 is 1.17 bits per heavy atom. The molecule has 0 spiro atoms. The summed E-state index contributed by atoms with van der Waals surface area (Å²) in [5.74, 6) is 0.445. The molecule has 36 heavy (non-hydrogen) atoms. The van der Waals surface area contributed by atoms with Crippen LogP contribution in [0, 0.1) is 6.92 Å². The first kappa shape index (κ1) is 25.7. The Kier molecular flexibility index (Phi) is 8.28. The van der Waals surface area contributed by atoms with Crippen molar-refractivity contribution in [3.8, 4) is 5.75 Å². The van der Waals surface area contributed by atoms with Crippen molar-refractivity contribution < 1.29 is 19.1 Å². The molecule has 1 aliphatic heterocycles. The maximum Gasteiger partial charge on any atom is 0.244 e. The zero-order chi connectivity index (χ0) is 25.5. The molecule has 4 rings (SSSR count). The molecule has 9 heteroatoms. The third-order valence-corrected chi connectivity index (χ3v) is 6.39. The van der Waals surface area contributed by atoms with Gasteiger partial charge in [-0.25, -0.2) is 0 Å². The maximum absolute atomic E-state index is 13.3. The summed E-state index contributed by atoms with van der Waals surface area (Å²) in [6.07, 6.45) is 3.63. The van der Waals surface area contributed by atoms with Crippen LogP contribution >= 0.6 is 11.6 Å². The highest BCUT2D eigenvalue weighted by atomic mass is 35.5. The molecule has 1 atom stereocenters. The second-order valence-corrected chi connectivity index (χ2v) is 9.65. The second-order valence-electron chi connectivity index (χ2n) is 9.22. The van der Waals surface area contributed by atoms with E-state index in [9.17, 15) is 9.59 Å². The van der Waals surface area contributed by atoms with Gasteiger partial charge in [-0.05, 0) is 42.3 Å². The van der Waals surface area contributed by atoms with E-state index < -0.39 is 5.60 Å². The van der Waals surface area contributed by atoms with Crippen molar-refractivity contribution >= 4 is 23.4 Å². The Bertz CT molecular complexity index is 1170. The van der Waals surface area contributed by atoms with Crippen molar-refractivity contribution in [2.75, 3.05) is 33.4 Å². The number of aromatic nitrogens is 2. The number of ether oxygens (including phenoxy) is 2. The first-order valence-corrected chi connectivity index (χ1v) is 12.3. The van der Waals surface area contributed by atoms with Gasteiger partial charge >= 0.3 is 0 Å². The van der Waals surface area contributed by atoms with Gasteiger partial charge in [0, 0.05) is 31.4 Å². The van der Waals surface area contributed by atoms with Crippen molar-refractivity contribution in [1.29, 1.82) is 0 Å². The molecule has 1 fully saturated rings. The molecule has 0 N–H and O–H groups in total. The number of benzene rings is 2. The van der Waals surface area contributed by atoms with Crippen LogP contribution in [0.5, 0.6) is 5.75 Å². The smallest absolute Gasteiger partial charge is 0.244 e. The Morgan fingerprint density at radius 2 is 1.92 bits per heavy atom. The molecule has 1 aromatic heterocycles. The van der Waals surface area contributed by atoms with E-state index >= 15 is 0 Å². The predicted octanol–water partition coefficient (Wildman–Crippen LogP) is 3.57. The Hall–Kier alpha value is -3.36. The van der Waals surface area contributed by atoms with Crippen molar-refractivity contribution in [2.45, 2.75) is 32.0 Å². The molecular weight excluding hydrogens is 480 g/mol. The van der Waals surface area contributed by atoms with Gasteiger partial charge in [0.15, 0.2) is 0 Å². The molecule has 190 valence electrons. The highest BCUT2D eigenvalue weighted by molar-refractivity contribution is 6.30. The minimum atomic E-state index is -0.990. The van der Waals surface area contributed by atoms with Gasteiger partial charge in [-0.15, -0.1) is 0 Å². The van der Waals surface area contributed by atoms with Crippen molar-refractivity contribution in [1.82, 2.24) is 19.6 Å². The summed E-state index contributed by atoms with van der Waals surface area (Å²) in [5.41, 5.74) is 1.04. The molecule has 2 heterocycles. The highest BCUT2D eigenvalue weighted by Gasteiger charge is 2.42. The number of hydrogen-bond donors (Lipinski definition) is 0. The molecular formula is C27H31ClN4O4. The van der Waals surface area contributed by atoms with Gasteiger partial charge in [-0.3, -0.25) is 14.3 Å². The molecule has 1 saturated heterocycles. The topological polar surface area (TPSA) is 76.9 Å². The van der Waals surface area contributed by atoms with Crippen LogP contribution in [0.15, 0.2) is 67.0 Å². The number of nitrogens with zero attached hydrogens (tertiary/aromatic N) is 4. The number of morpholine rings is 1. The number of hydrogen-bond acceptors (Lipinski definition) is 5.